The van der Waals surface area contributed by atoms with Gasteiger partial charge in [0.1, 0.15) is 0 Å². The molecule has 1 rings (SSSR count). The third kappa shape index (κ3) is 3.18. The summed E-state index contributed by atoms with van der Waals surface area (Å²) in [4.78, 5) is 13.6. The van der Waals surface area contributed by atoms with Crippen LogP contribution in [0.25, 0.3) is 0 Å². The molecule has 88 valence electrons. The van der Waals surface area contributed by atoms with Gasteiger partial charge in [-0.2, -0.15) is 0 Å². The largest absolute Gasteiger partial charge is 0.368 e. The molecule has 1 fully saturated rings. The van der Waals surface area contributed by atoms with Gasteiger partial charge in [-0.1, -0.05) is 6.92 Å². The van der Waals surface area contributed by atoms with Crippen LogP contribution in [0.1, 0.15) is 39.0 Å². The van der Waals surface area contributed by atoms with Crippen LogP contribution in [-0.2, 0) is 4.79 Å². The van der Waals surface area contributed by atoms with Gasteiger partial charge in [-0.05, 0) is 45.2 Å². The van der Waals surface area contributed by atoms with Crippen molar-refractivity contribution in [1.82, 2.24) is 4.90 Å². The Kier molecular flexibility index (Phi) is 5.05. The first kappa shape index (κ1) is 12.5. The average molecular weight is 213 g/mol. The van der Waals surface area contributed by atoms with Crippen molar-refractivity contribution >= 4 is 5.91 Å². The second-order valence-electron chi connectivity index (χ2n) is 4.29. The molecule has 0 radical (unpaired) electrons. The van der Waals surface area contributed by atoms with Crippen LogP contribution >= 0.6 is 0 Å². The summed E-state index contributed by atoms with van der Waals surface area (Å²) < 4.78 is 0. The molecular weight excluding hydrogens is 190 g/mol. The Morgan fingerprint density at radius 3 is 2.87 bits per heavy atom. The standard InChI is InChI=1S/C11H23N3O/c1-2-10(11(13)15)14-8-4-6-9(14)5-3-7-12/h9-10H,2-8,12H2,1H3,(H2,13,15). The number of carbonyl (C=O) groups is 1. The van der Waals surface area contributed by atoms with E-state index >= 15 is 0 Å². The molecule has 0 saturated carbocycles. The molecule has 15 heavy (non-hydrogen) atoms. The molecule has 4 nitrogen and oxygen atoms in total. The van der Waals surface area contributed by atoms with Gasteiger partial charge in [0.25, 0.3) is 0 Å². The Morgan fingerprint density at radius 1 is 1.60 bits per heavy atom. The first-order chi connectivity index (χ1) is 7.20. The monoisotopic (exact) mass is 213 g/mol. The summed E-state index contributed by atoms with van der Waals surface area (Å²) in [7, 11) is 0. The zero-order valence-corrected chi connectivity index (χ0v) is 9.61. The van der Waals surface area contributed by atoms with E-state index in [1.54, 1.807) is 0 Å². The molecule has 4 heteroatoms. The van der Waals surface area contributed by atoms with Crippen molar-refractivity contribution in [3.8, 4) is 0 Å². The minimum absolute atomic E-state index is 0.0738. The van der Waals surface area contributed by atoms with Crippen LogP contribution in [-0.4, -0.2) is 36.0 Å². The second kappa shape index (κ2) is 6.08. The number of hydrogen-bond acceptors (Lipinski definition) is 3. The van der Waals surface area contributed by atoms with Crippen LogP contribution < -0.4 is 11.5 Å². The third-order valence-electron chi connectivity index (χ3n) is 3.28. The zero-order chi connectivity index (χ0) is 11.3. The molecule has 1 aliphatic heterocycles. The Balaban J connectivity index is 2.53. The van der Waals surface area contributed by atoms with E-state index in [2.05, 4.69) is 4.90 Å². The van der Waals surface area contributed by atoms with Crippen molar-refractivity contribution in [2.24, 2.45) is 11.5 Å². The highest BCUT2D eigenvalue weighted by molar-refractivity contribution is 5.79. The molecule has 1 heterocycles. The van der Waals surface area contributed by atoms with Gasteiger partial charge in [-0.25, -0.2) is 0 Å². The third-order valence-corrected chi connectivity index (χ3v) is 3.28. The van der Waals surface area contributed by atoms with Gasteiger partial charge in [0, 0.05) is 6.04 Å². The lowest BCUT2D eigenvalue weighted by molar-refractivity contribution is -0.123. The SMILES string of the molecule is CCC(C(N)=O)N1CCCC1CCCN. The minimum atomic E-state index is -0.183. The maximum Gasteiger partial charge on any atom is 0.234 e. The highest BCUT2D eigenvalue weighted by atomic mass is 16.1. The number of likely N-dealkylation sites (tertiary alicyclic amines) is 1. The Labute approximate surface area is 92.0 Å². The van der Waals surface area contributed by atoms with Crippen LogP contribution in [0.3, 0.4) is 0 Å². The summed E-state index contributed by atoms with van der Waals surface area (Å²) in [6.07, 6.45) is 5.31. The molecule has 1 aliphatic rings. The van der Waals surface area contributed by atoms with Crippen molar-refractivity contribution in [3.05, 3.63) is 0 Å². The highest BCUT2D eigenvalue weighted by Crippen LogP contribution is 2.24. The first-order valence-corrected chi connectivity index (χ1v) is 5.95. The van der Waals surface area contributed by atoms with Gasteiger partial charge in [-0.15, -0.1) is 0 Å². The highest BCUT2D eigenvalue weighted by Gasteiger charge is 2.31. The van der Waals surface area contributed by atoms with E-state index in [1.165, 1.54) is 12.8 Å². The lowest BCUT2D eigenvalue weighted by Crippen LogP contribution is -2.46. The molecule has 0 aromatic carbocycles. The molecular formula is C11H23N3O. The number of amides is 1. The lowest BCUT2D eigenvalue weighted by atomic mass is 10.1. The predicted octanol–water partition coefficient (Wildman–Crippen LogP) is 0.454. The number of primary amides is 1. The van der Waals surface area contributed by atoms with E-state index in [-0.39, 0.29) is 11.9 Å². The fourth-order valence-electron chi connectivity index (χ4n) is 2.53. The number of nitrogens with zero attached hydrogens (tertiary/aromatic N) is 1. The first-order valence-electron chi connectivity index (χ1n) is 5.95. The van der Waals surface area contributed by atoms with Crippen molar-refractivity contribution < 1.29 is 4.79 Å². The van der Waals surface area contributed by atoms with Crippen LogP contribution in [0.5, 0.6) is 0 Å². The van der Waals surface area contributed by atoms with Crippen molar-refractivity contribution in [2.45, 2.75) is 51.1 Å². The van der Waals surface area contributed by atoms with Crippen molar-refractivity contribution in [1.29, 1.82) is 0 Å². The Hall–Kier alpha value is -0.610. The molecule has 1 saturated heterocycles. The maximum atomic E-state index is 11.3. The molecule has 0 aromatic heterocycles. The van der Waals surface area contributed by atoms with Crippen LogP contribution in [0.15, 0.2) is 0 Å². The fraction of sp³-hybridized carbons (Fsp3) is 0.909. The van der Waals surface area contributed by atoms with Crippen LogP contribution in [0.4, 0.5) is 0 Å². The van der Waals surface area contributed by atoms with E-state index in [0.29, 0.717) is 6.04 Å². The maximum absolute atomic E-state index is 11.3. The average Bonchev–Trinajstić information content (AvgIpc) is 2.64. The van der Waals surface area contributed by atoms with Crippen molar-refractivity contribution in [2.75, 3.05) is 13.1 Å². The van der Waals surface area contributed by atoms with Gasteiger partial charge in [0.15, 0.2) is 0 Å². The number of carbonyl (C=O) groups excluding carboxylic acids is 1. The summed E-state index contributed by atoms with van der Waals surface area (Å²) in [6, 6.07) is 0.446. The normalized spacial score (nSPS) is 24.3. The summed E-state index contributed by atoms with van der Waals surface area (Å²) in [6.45, 7) is 3.77. The Morgan fingerprint density at radius 2 is 2.33 bits per heavy atom. The second-order valence-corrected chi connectivity index (χ2v) is 4.29. The molecule has 0 bridgehead atoms. The number of nitrogens with two attached hydrogens (primary N) is 2. The van der Waals surface area contributed by atoms with Gasteiger partial charge in [-0.3, -0.25) is 9.69 Å². The quantitative estimate of drug-likeness (QED) is 0.673. The smallest absolute Gasteiger partial charge is 0.234 e. The van der Waals surface area contributed by atoms with E-state index in [0.717, 1.165) is 32.4 Å². The Bertz CT molecular complexity index is 208. The van der Waals surface area contributed by atoms with Gasteiger partial charge < -0.3 is 11.5 Å². The number of hydrogen-bond donors (Lipinski definition) is 2. The van der Waals surface area contributed by atoms with Crippen LogP contribution in [0, 0.1) is 0 Å². The molecule has 2 atom stereocenters. The van der Waals surface area contributed by atoms with Gasteiger partial charge >= 0.3 is 0 Å². The van der Waals surface area contributed by atoms with Gasteiger partial charge in [0.2, 0.25) is 5.91 Å². The summed E-state index contributed by atoms with van der Waals surface area (Å²) in [5.41, 5.74) is 10.9. The molecule has 0 aromatic rings. The topological polar surface area (TPSA) is 72.4 Å². The molecule has 0 aliphatic carbocycles. The predicted molar refractivity (Wildman–Crippen MR) is 61.3 cm³/mol. The van der Waals surface area contributed by atoms with E-state index in [4.69, 9.17) is 11.5 Å². The minimum Gasteiger partial charge on any atom is -0.368 e. The van der Waals surface area contributed by atoms with E-state index in [1.807, 2.05) is 6.92 Å². The summed E-state index contributed by atoms with van der Waals surface area (Å²) in [5, 5.41) is 0. The van der Waals surface area contributed by atoms with Gasteiger partial charge in [0.05, 0.1) is 6.04 Å². The molecule has 1 amide bonds. The zero-order valence-electron chi connectivity index (χ0n) is 9.61. The van der Waals surface area contributed by atoms with E-state index in [9.17, 15) is 4.79 Å². The summed E-state index contributed by atoms with van der Waals surface area (Å²) in [5.74, 6) is -0.183. The van der Waals surface area contributed by atoms with E-state index < -0.39 is 0 Å². The molecule has 4 N–H and O–H groups in total. The molecule has 2 unspecified atom stereocenters. The number of rotatable bonds is 6. The lowest BCUT2D eigenvalue weighted by Gasteiger charge is -2.30. The van der Waals surface area contributed by atoms with Crippen LogP contribution in [0.2, 0.25) is 0 Å². The summed E-state index contributed by atoms with van der Waals surface area (Å²) >= 11 is 0. The molecule has 0 spiro atoms. The van der Waals surface area contributed by atoms with Crippen molar-refractivity contribution in [3.63, 3.8) is 0 Å². The fourth-order valence-corrected chi connectivity index (χ4v) is 2.53.